The van der Waals surface area contributed by atoms with E-state index < -0.39 is 0 Å². The first-order valence-electron chi connectivity index (χ1n) is 16.6. The number of hydrogen-bond donors (Lipinski definition) is 0. The van der Waals surface area contributed by atoms with E-state index in [4.69, 9.17) is 0 Å². The van der Waals surface area contributed by atoms with E-state index in [0.29, 0.717) is 0 Å². The molecule has 48 heavy (non-hydrogen) atoms. The van der Waals surface area contributed by atoms with Crippen LogP contribution in [0.1, 0.15) is 22.3 Å². The zero-order chi connectivity index (χ0) is 32.5. The van der Waals surface area contributed by atoms with Gasteiger partial charge in [-0.15, -0.1) is 22.7 Å². The highest BCUT2D eigenvalue weighted by Gasteiger charge is 2.17. The Morgan fingerprint density at radius 1 is 0.312 bits per heavy atom. The summed E-state index contributed by atoms with van der Waals surface area (Å²) in [6, 6.07) is 49.7. The molecular weight excluding hydrogens is 617 g/mol. The Labute approximate surface area is 289 Å². The Kier molecular flexibility index (Phi) is 6.86. The molecule has 0 amide bonds. The van der Waals surface area contributed by atoms with E-state index in [1.54, 1.807) is 0 Å². The molecule has 9 rings (SSSR count). The molecule has 0 nitrogen and oxygen atoms in total. The zero-order valence-corrected chi connectivity index (χ0v) is 29.2. The monoisotopic (exact) mass is 650 g/mol. The lowest BCUT2D eigenvalue weighted by atomic mass is 9.88. The maximum absolute atomic E-state index is 2.40. The first-order chi connectivity index (χ1) is 23.4. The molecule has 0 spiro atoms. The Bertz CT molecular complexity index is 2530. The van der Waals surface area contributed by atoms with Crippen molar-refractivity contribution in [1.29, 1.82) is 0 Å². The second-order valence-corrected chi connectivity index (χ2v) is 15.2. The highest BCUT2D eigenvalue weighted by molar-refractivity contribution is 7.26. The lowest BCUT2D eigenvalue weighted by Gasteiger charge is -2.16. The van der Waals surface area contributed by atoms with Crippen molar-refractivity contribution in [3.8, 4) is 44.5 Å². The Morgan fingerprint density at radius 2 is 0.688 bits per heavy atom. The van der Waals surface area contributed by atoms with Crippen LogP contribution in [0.15, 0.2) is 133 Å². The van der Waals surface area contributed by atoms with E-state index in [1.807, 2.05) is 22.7 Å². The van der Waals surface area contributed by atoms with Crippen LogP contribution < -0.4 is 0 Å². The summed E-state index contributed by atoms with van der Waals surface area (Å²) in [6.07, 6.45) is 0. The molecule has 0 aliphatic carbocycles. The summed E-state index contributed by atoms with van der Waals surface area (Å²) in [5, 5.41) is 5.38. The molecule has 0 bridgehead atoms. The number of aryl methyl sites for hydroxylation is 4. The number of hydrogen-bond acceptors (Lipinski definition) is 2. The molecule has 0 fully saturated rings. The van der Waals surface area contributed by atoms with Crippen LogP contribution >= 0.6 is 22.7 Å². The summed E-state index contributed by atoms with van der Waals surface area (Å²) < 4.78 is 5.43. The summed E-state index contributed by atoms with van der Waals surface area (Å²) in [4.78, 5) is 0. The minimum atomic E-state index is 1.26. The topological polar surface area (TPSA) is 0 Å². The average Bonchev–Trinajstić information content (AvgIpc) is 3.69. The number of fused-ring (bicyclic) bond motifs is 6. The van der Waals surface area contributed by atoms with E-state index in [1.165, 1.54) is 107 Å². The highest BCUT2D eigenvalue weighted by atomic mass is 32.1. The van der Waals surface area contributed by atoms with Crippen LogP contribution in [-0.4, -0.2) is 0 Å². The van der Waals surface area contributed by atoms with Gasteiger partial charge in [0, 0.05) is 40.3 Å². The van der Waals surface area contributed by atoms with Crippen LogP contribution in [0, 0.1) is 27.7 Å². The third kappa shape index (κ3) is 4.63. The fourth-order valence-electron chi connectivity index (χ4n) is 7.61. The normalized spacial score (nSPS) is 11.8. The largest absolute Gasteiger partial charge is 0.135 e. The van der Waals surface area contributed by atoms with Gasteiger partial charge in [-0.25, -0.2) is 0 Å². The first kappa shape index (κ1) is 29.1. The van der Waals surface area contributed by atoms with E-state index in [0.717, 1.165) is 0 Å². The van der Waals surface area contributed by atoms with Gasteiger partial charge in [0.1, 0.15) is 0 Å². The predicted molar refractivity (Wildman–Crippen MR) is 213 cm³/mol. The summed E-state index contributed by atoms with van der Waals surface area (Å²) in [5.41, 5.74) is 15.6. The molecule has 0 saturated heterocycles. The van der Waals surface area contributed by atoms with Crippen LogP contribution in [0.25, 0.3) is 84.9 Å². The maximum atomic E-state index is 2.40. The lowest BCUT2D eigenvalue weighted by Crippen LogP contribution is -1.93. The van der Waals surface area contributed by atoms with Gasteiger partial charge >= 0.3 is 0 Å². The molecule has 2 heteroatoms. The minimum Gasteiger partial charge on any atom is -0.135 e. The van der Waals surface area contributed by atoms with Gasteiger partial charge in [0.2, 0.25) is 0 Å². The lowest BCUT2D eigenvalue weighted by molar-refractivity contribution is 1.38. The van der Waals surface area contributed by atoms with E-state index in [9.17, 15) is 0 Å². The molecule has 0 aliphatic heterocycles. The summed E-state index contributed by atoms with van der Waals surface area (Å²) in [5.74, 6) is 0. The van der Waals surface area contributed by atoms with Crippen molar-refractivity contribution in [1.82, 2.24) is 0 Å². The molecule has 230 valence electrons. The molecule has 0 unspecified atom stereocenters. The molecular formula is C46H34S2. The van der Waals surface area contributed by atoms with Crippen molar-refractivity contribution in [2.45, 2.75) is 27.7 Å². The number of thiophene rings is 2. The molecule has 0 N–H and O–H groups in total. The van der Waals surface area contributed by atoms with Crippen LogP contribution in [0.3, 0.4) is 0 Å². The van der Waals surface area contributed by atoms with Gasteiger partial charge in [-0.05, 0) is 113 Å². The van der Waals surface area contributed by atoms with Crippen molar-refractivity contribution in [3.05, 3.63) is 156 Å². The van der Waals surface area contributed by atoms with Gasteiger partial charge in [0.05, 0.1) is 0 Å². The smallest absolute Gasteiger partial charge is 0.0433 e. The van der Waals surface area contributed by atoms with Gasteiger partial charge in [-0.2, -0.15) is 0 Å². The number of benzene rings is 7. The van der Waals surface area contributed by atoms with Gasteiger partial charge in [-0.1, -0.05) is 115 Å². The molecule has 0 radical (unpaired) electrons. The van der Waals surface area contributed by atoms with Crippen molar-refractivity contribution >= 4 is 63.0 Å². The molecule has 2 aromatic heterocycles. The summed E-state index contributed by atoms with van der Waals surface area (Å²) >= 11 is 3.80. The molecule has 7 aromatic carbocycles. The van der Waals surface area contributed by atoms with E-state index >= 15 is 0 Å². The van der Waals surface area contributed by atoms with Crippen molar-refractivity contribution < 1.29 is 0 Å². The first-order valence-corrected chi connectivity index (χ1v) is 18.2. The molecule has 9 aromatic rings. The highest BCUT2D eigenvalue weighted by Crippen LogP contribution is 2.44. The number of rotatable bonds is 4. The van der Waals surface area contributed by atoms with Crippen LogP contribution in [0.4, 0.5) is 0 Å². The third-order valence-corrected chi connectivity index (χ3v) is 12.5. The Morgan fingerprint density at radius 3 is 1.17 bits per heavy atom. The minimum absolute atomic E-state index is 1.26. The van der Waals surface area contributed by atoms with Gasteiger partial charge in [0.15, 0.2) is 0 Å². The van der Waals surface area contributed by atoms with Crippen molar-refractivity contribution in [2.75, 3.05) is 0 Å². The van der Waals surface area contributed by atoms with E-state index in [-0.39, 0.29) is 0 Å². The van der Waals surface area contributed by atoms with Gasteiger partial charge in [-0.3, -0.25) is 0 Å². The van der Waals surface area contributed by atoms with Crippen LogP contribution in [0.5, 0.6) is 0 Å². The maximum Gasteiger partial charge on any atom is 0.0433 e. The fraction of sp³-hybridized carbons (Fsp3) is 0.0870. The van der Waals surface area contributed by atoms with Gasteiger partial charge < -0.3 is 0 Å². The predicted octanol–water partition coefficient (Wildman–Crippen LogP) is 14.3. The van der Waals surface area contributed by atoms with Crippen LogP contribution in [-0.2, 0) is 0 Å². The van der Waals surface area contributed by atoms with E-state index in [2.05, 4.69) is 161 Å². The van der Waals surface area contributed by atoms with Crippen molar-refractivity contribution in [2.24, 2.45) is 0 Å². The summed E-state index contributed by atoms with van der Waals surface area (Å²) in [6.45, 7) is 9.04. The molecule has 2 heterocycles. The second-order valence-electron chi connectivity index (χ2n) is 13.1. The Balaban J connectivity index is 1.10. The fourth-order valence-corrected chi connectivity index (χ4v) is 10.1. The van der Waals surface area contributed by atoms with Gasteiger partial charge in [0.25, 0.3) is 0 Å². The average molecular weight is 651 g/mol. The quantitative estimate of drug-likeness (QED) is 0.178. The SMILES string of the molecule is Cc1cc(-c2cccc3c2sc2ccccc23)c(C)cc1-c1cccc(-c2cc(C)c(-c3cccc4c3sc3ccccc34)cc2C)c1. The molecule has 0 atom stereocenters. The second kappa shape index (κ2) is 11.3. The third-order valence-electron chi connectivity index (χ3n) is 10.0. The standard InChI is InChI=1S/C46H34S2/c1-27-24-41(37-18-10-16-35-33-14-5-7-20-43(33)47-45(35)37)29(3)22-39(27)31-12-9-13-32(26-31)40-23-30(4)42(25-28(40)2)38-19-11-17-36-34-15-6-8-21-44(34)48-46(36)38/h5-26H,1-4H3. The zero-order valence-electron chi connectivity index (χ0n) is 27.5. The summed E-state index contributed by atoms with van der Waals surface area (Å²) in [7, 11) is 0. The Hall–Kier alpha value is -5.02. The van der Waals surface area contributed by atoms with Crippen LogP contribution in [0.2, 0.25) is 0 Å². The van der Waals surface area contributed by atoms with Crippen molar-refractivity contribution in [3.63, 3.8) is 0 Å². The molecule has 0 aliphatic rings. The molecule has 0 saturated carbocycles.